The summed E-state index contributed by atoms with van der Waals surface area (Å²) in [4.78, 5) is 0. The normalized spacial score (nSPS) is 26.0. The van der Waals surface area contributed by atoms with E-state index in [2.05, 4.69) is 17.6 Å². The zero-order valence-electron chi connectivity index (χ0n) is 10.8. The van der Waals surface area contributed by atoms with Crippen molar-refractivity contribution < 1.29 is 8.78 Å². The molecule has 2 nitrogen and oxygen atoms in total. The van der Waals surface area contributed by atoms with Gasteiger partial charge < -0.3 is 10.6 Å². The van der Waals surface area contributed by atoms with Crippen molar-refractivity contribution >= 4 is 0 Å². The van der Waals surface area contributed by atoms with Crippen LogP contribution < -0.4 is 10.6 Å². The molecule has 0 saturated carbocycles. The maximum atomic E-state index is 13.7. The van der Waals surface area contributed by atoms with Gasteiger partial charge in [0.2, 0.25) is 0 Å². The van der Waals surface area contributed by atoms with Gasteiger partial charge in [-0.2, -0.15) is 0 Å². The van der Waals surface area contributed by atoms with Crippen LogP contribution in [0.15, 0.2) is 18.2 Å². The van der Waals surface area contributed by atoms with Crippen molar-refractivity contribution in [3.63, 3.8) is 0 Å². The van der Waals surface area contributed by atoms with Crippen molar-refractivity contribution in [1.82, 2.24) is 10.6 Å². The van der Waals surface area contributed by atoms with E-state index in [1.807, 2.05) is 6.92 Å². The summed E-state index contributed by atoms with van der Waals surface area (Å²) in [5.41, 5.74) is 0.530. The van der Waals surface area contributed by atoms with Gasteiger partial charge in [0, 0.05) is 23.7 Å². The van der Waals surface area contributed by atoms with E-state index in [9.17, 15) is 8.78 Å². The van der Waals surface area contributed by atoms with Crippen LogP contribution >= 0.6 is 0 Å². The topological polar surface area (TPSA) is 24.1 Å². The van der Waals surface area contributed by atoms with Gasteiger partial charge >= 0.3 is 0 Å². The quantitative estimate of drug-likeness (QED) is 0.866. The molecule has 3 atom stereocenters. The van der Waals surface area contributed by atoms with Crippen molar-refractivity contribution in [3.05, 3.63) is 35.4 Å². The number of nitrogens with one attached hydrogen (secondary N) is 2. The molecule has 1 aliphatic heterocycles. The van der Waals surface area contributed by atoms with E-state index >= 15 is 0 Å². The second-order valence-electron chi connectivity index (χ2n) is 5.13. The van der Waals surface area contributed by atoms with Crippen molar-refractivity contribution in [2.45, 2.75) is 32.4 Å². The monoisotopic (exact) mass is 254 g/mol. The van der Waals surface area contributed by atoms with Gasteiger partial charge in [0.25, 0.3) is 0 Å². The maximum Gasteiger partial charge on any atom is 0.130 e. The van der Waals surface area contributed by atoms with Crippen LogP contribution in [0.4, 0.5) is 8.78 Å². The molecule has 0 aromatic heterocycles. The van der Waals surface area contributed by atoms with Crippen molar-refractivity contribution in [1.29, 1.82) is 0 Å². The Kier molecular flexibility index (Phi) is 4.30. The van der Waals surface area contributed by atoms with Gasteiger partial charge in [-0.25, -0.2) is 8.78 Å². The summed E-state index contributed by atoms with van der Waals surface area (Å²) in [6.45, 7) is 6.07. The highest BCUT2D eigenvalue weighted by atomic mass is 19.1. The van der Waals surface area contributed by atoms with Crippen LogP contribution in [-0.4, -0.2) is 19.1 Å². The second-order valence-corrected chi connectivity index (χ2v) is 5.13. The minimum absolute atomic E-state index is 0.101. The Morgan fingerprint density at radius 2 is 2.17 bits per heavy atom. The van der Waals surface area contributed by atoms with E-state index in [-0.39, 0.29) is 6.04 Å². The fourth-order valence-corrected chi connectivity index (χ4v) is 2.53. The number of halogens is 2. The molecular formula is C14H20F2N2. The fraction of sp³-hybridized carbons (Fsp3) is 0.571. The molecule has 1 fully saturated rings. The average Bonchev–Trinajstić information content (AvgIpc) is 2.32. The van der Waals surface area contributed by atoms with E-state index in [4.69, 9.17) is 0 Å². The third kappa shape index (κ3) is 3.06. The molecule has 4 heteroatoms. The predicted octanol–water partition coefficient (Wildman–Crippen LogP) is 2.61. The first kappa shape index (κ1) is 13.4. The summed E-state index contributed by atoms with van der Waals surface area (Å²) in [5.74, 6) is -0.486. The Morgan fingerprint density at radius 1 is 1.39 bits per heavy atom. The number of hydrogen-bond donors (Lipinski definition) is 2. The summed E-state index contributed by atoms with van der Waals surface area (Å²) in [6, 6.07) is 4.05. The SMILES string of the molecule is CC(NC1CCNCC1C)c1ccc(F)cc1F. The Hall–Kier alpha value is -1.00. The van der Waals surface area contributed by atoms with Gasteiger partial charge in [-0.05, 0) is 38.4 Å². The van der Waals surface area contributed by atoms with Gasteiger partial charge in [0.1, 0.15) is 11.6 Å². The zero-order chi connectivity index (χ0) is 13.1. The molecule has 0 bridgehead atoms. The Morgan fingerprint density at radius 3 is 2.83 bits per heavy atom. The van der Waals surface area contributed by atoms with E-state index in [0.717, 1.165) is 25.6 Å². The summed E-state index contributed by atoms with van der Waals surface area (Å²) in [5, 5.41) is 6.78. The summed E-state index contributed by atoms with van der Waals surface area (Å²) < 4.78 is 26.5. The molecule has 0 aliphatic carbocycles. The number of benzene rings is 1. The summed E-state index contributed by atoms with van der Waals surface area (Å²) >= 11 is 0. The Bertz CT molecular complexity index is 409. The van der Waals surface area contributed by atoms with Crippen LogP contribution in [-0.2, 0) is 0 Å². The van der Waals surface area contributed by atoms with Crippen molar-refractivity contribution in [3.8, 4) is 0 Å². The molecule has 18 heavy (non-hydrogen) atoms. The number of piperidine rings is 1. The third-order valence-electron chi connectivity index (χ3n) is 3.68. The Balaban J connectivity index is 2.04. The van der Waals surface area contributed by atoms with Gasteiger partial charge in [0.15, 0.2) is 0 Å². The molecule has 1 saturated heterocycles. The highest BCUT2D eigenvalue weighted by molar-refractivity contribution is 5.21. The van der Waals surface area contributed by atoms with Crippen molar-refractivity contribution in [2.75, 3.05) is 13.1 Å². The van der Waals surface area contributed by atoms with Crippen molar-refractivity contribution in [2.24, 2.45) is 5.92 Å². The van der Waals surface area contributed by atoms with Crippen LogP contribution in [0.5, 0.6) is 0 Å². The summed E-state index contributed by atoms with van der Waals surface area (Å²) in [6.07, 6.45) is 1.04. The first-order chi connectivity index (χ1) is 8.58. The van der Waals surface area contributed by atoms with Crippen LogP contribution in [0.1, 0.15) is 31.9 Å². The molecule has 0 radical (unpaired) electrons. The van der Waals surface area contributed by atoms with E-state index < -0.39 is 11.6 Å². The van der Waals surface area contributed by atoms with Crippen LogP contribution in [0.3, 0.4) is 0 Å². The van der Waals surface area contributed by atoms with Crippen LogP contribution in [0, 0.1) is 17.6 Å². The fourth-order valence-electron chi connectivity index (χ4n) is 2.53. The molecule has 1 aromatic rings. The average molecular weight is 254 g/mol. The molecule has 0 spiro atoms. The Labute approximate surface area is 107 Å². The lowest BCUT2D eigenvalue weighted by atomic mass is 9.93. The lowest BCUT2D eigenvalue weighted by Crippen LogP contribution is -2.47. The minimum Gasteiger partial charge on any atom is -0.316 e. The molecule has 1 aliphatic rings. The standard InChI is InChI=1S/C14H20F2N2/c1-9-8-17-6-5-14(9)18-10(2)12-4-3-11(15)7-13(12)16/h3-4,7,9-10,14,17-18H,5-6,8H2,1-2H3. The smallest absolute Gasteiger partial charge is 0.130 e. The lowest BCUT2D eigenvalue weighted by molar-refractivity contribution is 0.276. The number of hydrogen-bond acceptors (Lipinski definition) is 2. The number of rotatable bonds is 3. The highest BCUT2D eigenvalue weighted by Gasteiger charge is 2.23. The molecule has 2 rings (SSSR count). The first-order valence-electron chi connectivity index (χ1n) is 6.49. The molecule has 1 aromatic carbocycles. The third-order valence-corrected chi connectivity index (χ3v) is 3.68. The van der Waals surface area contributed by atoms with E-state index in [0.29, 0.717) is 17.5 Å². The van der Waals surface area contributed by atoms with E-state index in [1.54, 1.807) is 0 Å². The zero-order valence-corrected chi connectivity index (χ0v) is 10.8. The predicted molar refractivity (Wildman–Crippen MR) is 68.3 cm³/mol. The van der Waals surface area contributed by atoms with Gasteiger partial charge in [0.05, 0.1) is 0 Å². The molecule has 1 heterocycles. The molecule has 2 N–H and O–H groups in total. The first-order valence-corrected chi connectivity index (χ1v) is 6.49. The van der Waals surface area contributed by atoms with E-state index in [1.165, 1.54) is 12.1 Å². The van der Waals surface area contributed by atoms with Crippen LogP contribution in [0.2, 0.25) is 0 Å². The van der Waals surface area contributed by atoms with Crippen LogP contribution in [0.25, 0.3) is 0 Å². The lowest BCUT2D eigenvalue weighted by Gasteiger charge is -2.33. The second kappa shape index (κ2) is 5.76. The molecule has 100 valence electrons. The minimum atomic E-state index is -0.529. The molecule has 0 amide bonds. The summed E-state index contributed by atoms with van der Waals surface area (Å²) in [7, 11) is 0. The molecular weight excluding hydrogens is 234 g/mol. The highest BCUT2D eigenvalue weighted by Crippen LogP contribution is 2.21. The maximum absolute atomic E-state index is 13.7. The van der Waals surface area contributed by atoms with Gasteiger partial charge in [-0.15, -0.1) is 0 Å². The largest absolute Gasteiger partial charge is 0.316 e. The van der Waals surface area contributed by atoms with Gasteiger partial charge in [-0.1, -0.05) is 13.0 Å². The van der Waals surface area contributed by atoms with Gasteiger partial charge in [-0.3, -0.25) is 0 Å². The molecule has 3 unspecified atom stereocenters.